The molecule has 1 aliphatic carbocycles. The minimum atomic E-state index is -4.57. The lowest BCUT2D eigenvalue weighted by Gasteiger charge is -2.38. The van der Waals surface area contributed by atoms with Gasteiger partial charge in [-0.05, 0) is 38.0 Å². The van der Waals surface area contributed by atoms with Crippen LogP contribution in [0.2, 0.25) is 0 Å². The first kappa shape index (κ1) is 23.1. The molecule has 13 heteroatoms. The van der Waals surface area contributed by atoms with Crippen LogP contribution in [0.3, 0.4) is 0 Å². The van der Waals surface area contributed by atoms with Gasteiger partial charge >= 0.3 is 12.3 Å². The SMILES string of the molecule is CC1(OC(N)=O)CCN(c2nc(Nc3n[nH]c(C4CC4)c3F)c3cc(C(F)(F)F)ccc3n2)CC1. The van der Waals surface area contributed by atoms with Gasteiger partial charge in [-0.2, -0.15) is 23.3 Å². The summed E-state index contributed by atoms with van der Waals surface area (Å²) in [6, 6.07) is 3.13. The number of anilines is 3. The van der Waals surface area contributed by atoms with Crippen LogP contribution in [-0.4, -0.2) is 44.9 Å². The number of primary amides is 1. The number of amides is 1. The Balaban J connectivity index is 1.51. The standard InChI is InChI=1S/C22H23F4N7O2/c1-21(35-19(27)34)6-8-33(9-7-21)20-28-14-5-4-12(22(24,25)26)10-13(14)17(30-20)29-18-15(23)16(31-32-18)11-2-3-11/h4-5,10-11H,2-3,6-9H2,1H3,(H2,27,34)(H2,28,29,30,31,32). The predicted molar refractivity (Wildman–Crippen MR) is 119 cm³/mol. The van der Waals surface area contributed by atoms with Crippen LogP contribution in [0.25, 0.3) is 10.9 Å². The van der Waals surface area contributed by atoms with Crippen LogP contribution in [0.15, 0.2) is 18.2 Å². The Labute approximate surface area is 197 Å². The quantitative estimate of drug-likeness (QED) is 0.445. The van der Waals surface area contributed by atoms with Gasteiger partial charge in [0.1, 0.15) is 11.4 Å². The third-order valence-electron chi connectivity index (χ3n) is 6.42. The summed E-state index contributed by atoms with van der Waals surface area (Å²) in [6.45, 7) is 2.61. The van der Waals surface area contributed by atoms with Gasteiger partial charge in [-0.1, -0.05) is 0 Å². The number of rotatable bonds is 5. The summed E-state index contributed by atoms with van der Waals surface area (Å²) < 4.78 is 60.2. The monoisotopic (exact) mass is 493 g/mol. The molecule has 1 saturated heterocycles. The number of nitrogens with one attached hydrogen (secondary N) is 2. The summed E-state index contributed by atoms with van der Waals surface area (Å²) in [5.41, 5.74) is 4.18. The van der Waals surface area contributed by atoms with Crippen molar-refractivity contribution in [2.45, 2.75) is 50.3 Å². The second-order valence-corrected chi connectivity index (χ2v) is 9.16. The van der Waals surface area contributed by atoms with E-state index in [-0.39, 0.29) is 34.4 Å². The summed E-state index contributed by atoms with van der Waals surface area (Å²) in [6.07, 6.45) is -2.83. The Hall–Kier alpha value is -3.64. The van der Waals surface area contributed by atoms with E-state index in [1.165, 1.54) is 6.07 Å². The van der Waals surface area contributed by atoms with Gasteiger partial charge < -0.3 is 20.7 Å². The number of H-pyrrole nitrogens is 1. The number of ether oxygens (including phenoxy) is 1. The maximum Gasteiger partial charge on any atom is 0.416 e. The zero-order valence-corrected chi connectivity index (χ0v) is 18.7. The molecule has 35 heavy (non-hydrogen) atoms. The number of carbonyl (C=O) groups is 1. The van der Waals surface area contributed by atoms with E-state index >= 15 is 0 Å². The maximum atomic E-state index is 14.9. The largest absolute Gasteiger partial charge is 0.443 e. The Bertz CT molecular complexity index is 1280. The van der Waals surface area contributed by atoms with Crippen molar-refractivity contribution < 1.29 is 27.1 Å². The molecule has 0 bridgehead atoms. The van der Waals surface area contributed by atoms with E-state index in [9.17, 15) is 22.4 Å². The number of piperidine rings is 1. The lowest BCUT2D eigenvalue weighted by molar-refractivity contribution is -0.137. The Morgan fingerprint density at radius 3 is 2.57 bits per heavy atom. The van der Waals surface area contributed by atoms with E-state index in [2.05, 4.69) is 25.5 Å². The lowest BCUT2D eigenvalue weighted by Crippen LogP contribution is -2.46. The minimum absolute atomic E-state index is 0.00516. The fourth-order valence-corrected chi connectivity index (χ4v) is 4.23. The topological polar surface area (TPSA) is 122 Å². The maximum absolute atomic E-state index is 14.9. The average Bonchev–Trinajstić information content (AvgIpc) is 3.56. The third-order valence-corrected chi connectivity index (χ3v) is 6.42. The molecule has 1 aliphatic heterocycles. The van der Waals surface area contributed by atoms with Crippen LogP contribution in [-0.2, 0) is 10.9 Å². The average molecular weight is 493 g/mol. The summed E-state index contributed by atoms with van der Waals surface area (Å²) in [4.78, 5) is 21.9. The van der Waals surface area contributed by atoms with Crippen molar-refractivity contribution in [3.63, 3.8) is 0 Å². The number of alkyl halides is 3. The molecule has 3 heterocycles. The van der Waals surface area contributed by atoms with Gasteiger partial charge in [0.2, 0.25) is 5.95 Å². The van der Waals surface area contributed by atoms with Gasteiger partial charge in [0, 0.05) is 37.2 Å². The molecule has 186 valence electrons. The summed E-state index contributed by atoms with van der Waals surface area (Å²) >= 11 is 0. The predicted octanol–water partition coefficient (Wildman–Crippen LogP) is 4.59. The van der Waals surface area contributed by atoms with Crippen molar-refractivity contribution >= 4 is 34.6 Å². The van der Waals surface area contributed by atoms with Gasteiger partial charge in [0.05, 0.1) is 16.8 Å². The molecule has 0 spiro atoms. The molecular formula is C22H23F4N7O2. The van der Waals surface area contributed by atoms with E-state index in [0.717, 1.165) is 25.0 Å². The molecule has 2 aromatic heterocycles. The van der Waals surface area contributed by atoms with Crippen LogP contribution in [0.4, 0.5) is 39.9 Å². The second-order valence-electron chi connectivity index (χ2n) is 9.16. The molecule has 4 N–H and O–H groups in total. The van der Waals surface area contributed by atoms with Crippen LogP contribution >= 0.6 is 0 Å². The number of nitrogens with two attached hydrogens (primary N) is 1. The Kier molecular flexibility index (Phi) is 5.44. The first-order chi connectivity index (χ1) is 16.5. The number of carbonyl (C=O) groups excluding carboxylic acids is 1. The number of benzene rings is 1. The molecule has 1 amide bonds. The fourth-order valence-electron chi connectivity index (χ4n) is 4.23. The molecule has 9 nitrogen and oxygen atoms in total. The van der Waals surface area contributed by atoms with Crippen molar-refractivity contribution in [1.82, 2.24) is 20.2 Å². The van der Waals surface area contributed by atoms with Crippen LogP contribution in [0.5, 0.6) is 0 Å². The first-order valence-corrected chi connectivity index (χ1v) is 11.2. The van der Waals surface area contributed by atoms with E-state index in [0.29, 0.717) is 31.6 Å². The van der Waals surface area contributed by atoms with Crippen molar-refractivity contribution in [3.8, 4) is 0 Å². The van der Waals surface area contributed by atoms with Gasteiger partial charge in [0.15, 0.2) is 11.6 Å². The van der Waals surface area contributed by atoms with E-state index in [1.54, 1.807) is 6.92 Å². The highest BCUT2D eigenvalue weighted by Gasteiger charge is 2.35. The highest BCUT2D eigenvalue weighted by molar-refractivity contribution is 5.92. The normalized spacial score (nSPS) is 18.0. The van der Waals surface area contributed by atoms with Crippen molar-refractivity contribution in [2.75, 3.05) is 23.3 Å². The summed E-state index contributed by atoms with van der Waals surface area (Å²) in [7, 11) is 0. The molecule has 2 fully saturated rings. The molecule has 5 rings (SSSR count). The highest BCUT2D eigenvalue weighted by atomic mass is 19.4. The number of halogens is 4. The molecule has 0 radical (unpaired) electrons. The van der Waals surface area contributed by atoms with E-state index in [1.807, 2.05) is 4.90 Å². The zero-order valence-electron chi connectivity index (χ0n) is 18.7. The molecule has 2 aliphatic rings. The van der Waals surface area contributed by atoms with Crippen molar-refractivity contribution in [1.29, 1.82) is 0 Å². The minimum Gasteiger partial charge on any atom is -0.443 e. The molecule has 1 saturated carbocycles. The summed E-state index contributed by atoms with van der Waals surface area (Å²) in [5, 5.41) is 9.49. The smallest absolute Gasteiger partial charge is 0.416 e. The van der Waals surface area contributed by atoms with Crippen molar-refractivity contribution in [3.05, 3.63) is 35.3 Å². The van der Waals surface area contributed by atoms with Gasteiger partial charge in [-0.3, -0.25) is 5.10 Å². The second kappa shape index (κ2) is 8.24. The molecule has 3 aromatic rings. The number of hydrogen-bond donors (Lipinski definition) is 3. The van der Waals surface area contributed by atoms with Crippen molar-refractivity contribution in [2.24, 2.45) is 5.73 Å². The molecular weight excluding hydrogens is 470 g/mol. The number of nitrogens with zero attached hydrogens (tertiary/aromatic N) is 4. The van der Waals surface area contributed by atoms with Crippen LogP contribution < -0.4 is 16.0 Å². The Morgan fingerprint density at radius 2 is 1.94 bits per heavy atom. The first-order valence-electron chi connectivity index (χ1n) is 11.2. The number of fused-ring (bicyclic) bond motifs is 1. The van der Waals surface area contributed by atoms with Gasteiger partial charge in [-0.25, -0.2) is 14.2 Å². The highest BCUT2D eigenvalue weighted by Crippen LogP contribution is 2.42. The molecule has 1 aromatic carbocycles. The number of aromatic amines is 1. The van der Waals surface area contributed by atoms with Gasteiger partial charge in [0.25, 0.3) is 0 Å². The van der Waals surface area contributed by atoms with Crippen LogP contribution in [0, 0.1) is 5.82 Å². The van der Waals surface area contributed by atoms with Crippen LogP contribution in [0.1, 0.15) is 49.8 Å². The van der Waals surface area contributed by atoms with E-state index < -0.39 is 29.3 Å². The Morgan fingerprint density at radius 1 is 1.23 bits per heavy atom. The van der Waals surface area contributed by atoms with E-state index in [4.69, 9.17) is 10.5 Å². The number of aromatic nitrogens is 4. The molecule has 0 atom stereocenters. The fraction of sp³-hybridized carbons (Fsp3) is 0.455. The third kappa shape index (κ3) is 4.66. The number of hydrogen-bond acceptors (Lipinski definition) is 7. The molecule has 0 unspecified atom stereocenters. The summed E-state index contributed by atoms with van der Waals surface area (Å²) in [5.74, 6) is -0.399. The van der Waals surface area contributed by atoms with Gasteiger partial charge in [-0.15, -0.1) is 0 Å². The zero-order chi connectivity index (χ0) is 25.0. The lowest BCUT2D eigenvalue weighted by atomic mass is 9.93.